The maximum absolute atomic E-state index is 10.9. The number of esters is 2. The van der Waals surface area contributed by atoms with E-state index in [9.17, 15) is 9.59 Å². The Morgan fingerprint density at radius 3 is 2.57 bits per heavy atom. The van der Waals surface area contributed by atoms with E-state index in [1.54, 1.807) is 6.92 Å². The summed E-state index contributed by atoms with van der Waals surface area (Å²) in [5.41, 5.74) is 0.0604. The van der Waals surface area contributed by atoms with Gasteiger partial charge in [0.2, 0.25) is 0 Å². The van der Waals surface area contributed by atoms with E-state index in [1.165, 1.54) is 0 Å². The molecule has 5 nitrogen and oxygen atoms in total. The highest BCUT2D eigenvalue weighted by molar-refractivity contribution is 5.88. The third-order valence-electron chi connectivity index (χ3n) is 1.18. The molecule has 0 bridgehead atoms. The van der Waals surface area contributed by atoms with Crippen LogP contribution in [0, 0.1) is 6.57 Å². The molecule has 0 heterocycles. The normalized spacial score (nSPS) is 8.57. The van der Waals surface area contributed by atoms with Crippen molar-refractivity contribution in [3.63, 3.8) is 0 Å². The van der Waals surface area contributed by atoms with E-state index in [0.717, 1.165) is 0 Å². The first-order valence-electron chi connectivity index (χ1n) is 3.95. The van der Waals surface area contributed by atoms with Gasteiger partial charge in [-0.3, -0.25) is 0 Å². The summed E-state index contributed by atoms with van der Waals surface area (Å²) in [6.45, 7) is 11.1. The molecule has 0 aliphatic rings. The third-order valence-corrected chi connectivity index (χ3v) is 1.18. The Bertz CT molecular complexity index is 277. The van der Waals surface area contributed by atoms with Gasteiger partial charge in [-0.2, -0.15) is 0 Å². The molecule has 0 aromatic carbocycles. The molecule has 0 atom stereocenters. The van der Waals surface area contributed by atoms with Crippen molar-refractivity contribution < 1.29 is 19.1 Å². The highest BCUT2D eigenvalue weighted by atomic mass is 16.5. The first-order chi connectivity index (χ1) is 6.61. The van der Waals surface area contributed by atoms with Crippen LogP contribution in [-0.2, 0) is 19.1 Å². The quantitative estimate of drug-likeness (QED) is 0.367. The molecule has 5 heteroatoms. The van der Waals surface area contributed by atoms with Gasteiger partial charge in [0.1, 0.15) is 6.61 Å². The highest BCUT2D eigenvalue weighted by Gasteiger charge is 2.11. The lowest BCUT2D eigenvalue weighted by Gasteiger charge is -2.04. The monoisotopic (exact) mass is 197 g/mol. The molecule has 0 N–H and O–H groups in total. The van der Waals surface area contributed by atoms with Crippen molar-refractivity contribution in [3.8, 4) is 0 Å². The molecule has 0 aliphatic heterocycles. The second-order valence-corrected chi connectivity index (χ2v) is 2.30. The van der Waals surface area contributed by atoms with E-state index in [0.29, 0.717) is 0 Å². The SMILES string of the molecule is [C-]#[N+]CC(=O)OCC(=C)C(=O)OCC. The van der Waals surface area contributed by atoms with Gasteiger partial charge in [0.25, 0.3) is 0 Å². The number of rotatable bonds is 5. The summed E-state index contributed by atoms with van der Waals surface area (Å²) in [4.78, 5) is 24.5. The standard InChI is InChI=1S/C9H11NO4/c1-4-13-9(12)7(2)6-14-8(11)5-10-3/h2,4-6H2,1H3. The van der Waals surface area contributed by atoms with Crippen molar-refractivity contribution >= 4 is 11.9 Å². The van der Waals surface area contributed by atoms with Gasteiger partial charge in [0.15, 0.2) is 0 Å². The average molecular weight is 197 g/mol. The lowest BCUT2D eigenvalue weighted by atomic mass is 10.3. The number of nitrogens with zero attached hydrogens (tertiary/aromatic N) is 1. The predicted molar refractivity (Wildman–Crippen MR) is 48.2 cm³/mol. The van der Waals surface area contributed by atoms with Crippen molar-refractivity contribution in [2.24, 2.45) is 0 Å². The van der Waals surface area contributed by atoms with Gasteiger partial charge in [-0.25, -0.2) is 16.2 Å². The molecule has 0 aromatic rings. The Kier molecular flexibility index (Phi) is 5.79. The van der Waals surface area contributed by atoms with Crippen LogP contribution in [0.5, 0.6) is 0 Å². The lowest BCUT2D eigenvalue weighted by molar-refractivity contribution is -0.143. The Labute approximate surface area is 82.1 Å². The van der Waals surface area contributed by atoms with E-state index < -0.39 is 11.9 Å². The Morgan fingerprint density at radius 2 is 2.07 bits per heavy atom. The fourth-order valence-corrected chi connectivity index (χ4v) is 0.570. The van der Waals surface area contributed by atoms with E-state index >= 15 is 0 Å². The minimum atomic E-state index is -0.676. The van der Waals surface area contributed by atoms with Crippen molar-refractivity contribution in [2.45, 2.75) is 6.92 Å². The predicted octanol–water partition coefficient (Wildman–Crippen LogP) is 0.568. The topological polar surface area (TPSA) is 57.0 Å². The van der Waals surface area contributed by atoms with Gasteiger partial charge < -0.3 is 14.3 Å². The molecule has 0 aliphatic carbocycles. The van der Waals surface area contributed by atoms with Gasteiger partial charge in [0, 0.05) is 0 Å². The summed E-state index contributed by atoms with van der Waals surface area (Å²) in [6.07, 6.45) is 0. The molecule has 0 fully saturated rings. The van der Waals surface area contributed by atoms with Gasteiger partial charge in [0.05, 0.1) is 12.2 Å². The van der Waals surface area contributed by atoms with E-state index in [2.05, 4.69) is 20.9 Å². The zero-order valence-electron chi connectivity index (χ0n) is 7.91. The van der Waals surface area contributed by atoms with E-state index in [-0.39, 0.29) is 25.3 Å². The Morgan fingerprint density at radius 1 is 1.43 bits per heavy atom. The van der Waals surface area contributed by atoms with Crippen LogP contribution in [-0.4, -0.2) is 31.7 Å². The fourth-order valence-electron chi connectivity index (χ4n) is 0.570. The van der Waals surface area contributed by atoms with Gasteiger partial charge in [-0.1, -0.05) is 6.58 Å². The van der Waals surface area contributed by atoms with Crippen LogP contribution in [0.25, 0.3) is 4.85 Å². The third kappa shape index (κ3) is 4.93. The zero-order chi connectivity index (χ0) is 11.0. The summed E-state index contributed by atoms with van der Waals surface area (Å²) < 4.78 is 9.16. The van der Waals surface area contributed by atoms with E-state index in [1.807, 2.05) is 0 Å². The second kappa shape index (κ2) is 6.66. The van der Waals surface area contributed by atoms with Crippen molar-refractivity contribution in [2.75, 3.05) is 19.8 Å². The summed E-state index contributed by atoms with van der Waals surface area (Å²) in [6, 6.07) is 0. The smallest absolute Gasteiger partial charge is 0.387 e. The molecular formula is C9H11NO4. The second-order valence-electron chi connectivity index (χ2n) is 2.30. The molecule has 0 unspecified atom stereocenters. The summed E-state index contributed by atoms with van der Waals surface area (Å²) in [5, 5.41) is 0. The minimum Gasteiger partial charge on any atom is -0.463 e. The first kappa shape index (κ1) is 12.2. The van der Waals surface area contributed by atoms with Crippen molar-refractivity contribution in [1.29, 1.82) is 0 Å². The minimum absolute atomic E-state index is 0.0604. The van der Waals surface area contributed by atoms with E-state index in [4.69, 9.17) is 6.57 Å². The van der Waals surface area contributed by atoms with Crippen LogP contribution in [0.3, 0.4) is 0 Å². The van der Waals surface area contributed by atoms with Crippen molar-refractivity contribution in [1.82, 2.24) is 0 Å². The van der Waals surface area contributed by atoms with Crippen LogP contribution < -0.4 is 0 Å². The number of hydrogen-bond acceptors (Lipinski definition) is 4. The molecule has 0 saturated carbocycles. The zero-order valence-corrected chi connectivity index (χ0v) is 7.91. The van der Waals surface area contributed by atoms with Crippen LogP contribution in [0.4, 0.5) is 0 Å². The summed E-state index contributed by atoms with van der Waals surface area (Å²) in [7, 11) is 0. The molecule has 0 saturated heterocycles. The molecule has 14 heavy (non-hydrogen) atoms. The number of carbonyl (C=O) groups excluding carboxylic acids is 2. The number of hydrogen-bond donors (Lipinski definition) is 0. The molecule has 0 rings (SSSR count). The summed E-state index contributed by atoms with van der Waals surface area (Å²) >= 11 is 0. The number of ether oxygens (including phenoxy) is 2. The van der Waals surface area contributed by atoms with Gasteiger partial charge in [-0.15, -0.1) is 0 Å². The molecule has 0 radical (unpaired) electrons. The largest absolute Gasteiger partial charge is 0.463 e. The van der Waals surface area contributed by atoms with Crippen LogP contribution >= 0.6 is 0 Å². The molecule has 0 aromatic heterocycles. The highest BCUT2D eigenvalue weighted by Crippen LogP contribution is 1.96. The van der Waals surface area contributed by atoms with Crippen molar-refractivity contribution in [3.05, 3.63) is 23.6 Å². The van der Waals surface area contributed by atoms with Crippen LogP contribution in [0.15, 0.2) is 12.2 Å². The Hall–Kier alpha value is -1.83. The maximum atomic E-state index is 10.9. The van der Waals surface area contributed by atoms with Gasteiger partial charge in [-0.05, 0) is 6.92 Å². The molecule has 76 valence electrons. The molecular weight excluding hydrogens is 186 g/mol. The fraction of sp³-hybridized carbons (Fsp3) is 0.444. The van der Waals surface area contributed by atoms with Crippen LogP contribution in [0.2, 0.25) is 0 Å². The Balaban J connectivity index is 3.80. The molecule has 0 spiro atoms. The summed E-state index contributed by atoms with van der Waals surface area (Å²) in [5.74, 6) is -1.27. The first-order valence-corrected chi connectivity index (χ1v) is 3.95. The van der Waals surface area contributed by atoms with Gasteiger partial charge >= 0.3 is 18.5 Å². The maximum Gasteiger partial charge on any atom is 0.387 e. The number of carbonyl (C=O) groups is 2. The van der Waals surface area contributed by atoms with Crippen LogP contribution in [0.1, 0.15) is 6.92 Å². The molecule has 0 amide bonds. The average Bonchev–Trinajstić information content (AvgIpc) is 2.15. The lowest BCUT2D eigenvalue weighted by Crippen LogP contribution is -2.15.